The second-order valence-electron chi connectivity index (χ2n) is 3.95. The number of hydrogen-bond acceptors (Lipinski definition) is 20. The Kier molecular flexibility index (Phi) is 127. The van der Waals surface area contributed by atoms with Crippen LogP contribution in [0.1, 0.15) is 0 Å². The van der Waals surface area contributed by atoms with E-state index in [2.05, 4.69) is 0 Å². The van der Waals surface area contributed by atoms with Gasteiger partial charge in [-0.05, 0) is 0 Å². The van der Waals surface area contributed by atoms with Crippen molar-refractivity contribution in [1.82, 2.24) is 0 Å². The predicted octanol–water partition coefficient (Wildman–Crippen LogP) is -45.2. The number of phosphoric acid groups is 2. The summed E-state index contributed by atoms with van der Waals surface area (Å²) in [5.41, 5.74) is 0. The summed E-state index contributed by atoms with van der Waals surface area (Å²) in [4.78, 5) is 89.8. The Labute approximate surface area is 550 Å². The Balaban J connectivity index is -0.0000000180. The number of aliphatic carboxylic acids is 4. The van der Waals surface area contributed by atoms with E-state index in [0.29, 0.717) is 0 Å². The fourth-order valence-corrected chi connectivity index (χ4v) is 0.516. The van der Waals surface area contributed by atoms with Crippen molar-refractivity contribution < 1.29 is 503 Å². The van der Waals surface area contributed by atoms with Crippen LogP contribution in [-0.2, 0) is 28.3 Å². The van der Waals surface area contributed by atoms with Crippen molar-refractivity contribution in [3.8, 4) is 0 Å². The van der Waals surface area contributed by atoms with E-state index in [-0.39, 0.29) is 405 Å². The van der Waals surface area contributed by atoms with Crippen LogP contribution in [0.25, 0.3) is 0 Å². The molecule has 4 unspecified atom stereocenters. The summed E-state index contributed by atoms with van der Waals surface area (Å²) in [6.07, 6.45) is -9.76. The molecule has 40 heavy (non-hydrogen) atoms. The maximum atomic E-state index is 9.63. The third kappa shape index (κ3) is 92.2. The average Bonchev–Trinajstić information content (AvgIpc) is 2.48. The zero-order valence-corrected chi connectivity index (χ0v) is 50.9. The molecule has 0 aliphatic carbocycles. The summed E-state index contributed by atoms with van der Waals surface area (Å²) in [5, 5.41) is 71.5. The van der Waals surface area contributed by atoms with Crippen LogP contribution < -0.4 is 454 Å². The van der Waals surface area contributed by atoms with Gasteiger partial charge in [0.25, 0.3) is 0 Å². The third-order valence-corrected chi connectivity index (χ3v) is 1.56. The van der Waals surface area contributed by atoms with E-state index in [1.807, 2.05) is 0 Å². The minimum Gasteiger partial charge on any atom is -0.822 e. The molecule has 20 nitrogen and oxygen atoms in total. The number of aliphatic hydroxyl groups excluding tert-OH is 4. The van der Waals surface area contributed by atoms with Gasteiger partial charge in [0.15, 0.2) is 0 Å². The van der Waals surface area contributed by atoms with Crippen molar-refractivity contribution in [2.75, 3.05) is 0 Å². The molecular weight excluding hydrogens is 788 g/mol. The van der Waals surface area contributed by atoms with Gasteiger partial charge in [-0.1, -0.05) is 0 Å². The van der Waals surface area contributed by atoms with Crippen molar-refractivity contribution in [1.29, 1.82) is 0 Å². The van der Waals surface area contributed by atoms with E-state index in [0.717, 1.165) is 0 Å². The maximum Gasteiger partial charge on any atom is 1.00 e. The number of carboxylic acid groups (broad SMARTS) is 4. The van der Waals surface area contributed by atoms with E-state index in [4.69, 9.17) is 58.9 Å². The minimum absolute atomic E-state index is 0. The van der Waals surface area contributed by atoms with Crippen LogP contribution in [-0.4, -0.2) is 68.7 Å². The van der Waals surface area contributed by atoms with E-state index in [1.54, 1.807) is 0 Å². The Bertz CT molecular complexity index is 579. The number of carboxylic acids is 4. The molecule has 0 heterocycles. The van der Waals surface area contributed by atoms with Gasteiger partial charge in [0, 0.05) is 0 Å². The first-order valence-electron chi connectivity index (χ1n) is 5.95. The minimum atomic E-state index is -5.39. The fraction of sp³-hybridized carbons (Fsp3) is 0.500. The Morgan fingerprint density at radius 1 is 0.400 bits per heavy atom. The van der Waals surface area contributed by atoms with Crippen molar-refractivity contribution >= 4 is 39.5 Å². The summed E-state index contributed by atoms with van der Waals surface area (Å²) >= 11 is 0. The molecular formula is C8H8K5Na5O20P2. The molecule has 0 spiro atoms. The molecule has 0 fully saturated rings. The van der Waals surface area contributed by atoms with E-state index >= 15 is 0 Å². The van der Waals surface area contributed by atoms with Gasteiger partial charge in [0.05, 0.1) is 23.9 Å². The summed E-state index contributed by atoms with van der Waals surface area (Å²) in [6, 6.07) is 0. The quantitative estimate of drug-likeness (QED) is 0.143. The van der Waals surface area contributed by atoms with Gasteiger partial charge in [-0.15, -0.1) is 0 Å². The van der Waals surface area contributed by atoms with E-state index < -0.39 is 63.9 Å². The molecule has 0 saturated carbocycles. The van der Waals surface area contributed by atoms with Crippen molar-refractivity contribution in [3.05, 3.63) is 0 Å². The van der Waals surface area contributed by atoms with Crippen LogP contribution in [0.2, 0.25) is 0 Å². The molecule has 0 aromatic heterocycles. The fourth-order valence-electron chi connectivity index (χ4n) is 0.516. The van der Waals surface area contributed by atoms with E-state index in [1.165, 1.54) is 0 Å². The first kappa shape index (κ1) is 93.2. The molecule has 4 atom stereocenters. The molecule has 32 heteroatoms. The zero-order valence-electron chi connectivity index (χ0n) is 23.5. The summed E-state index contributed by atoms with van der Waals surface area (Å²) in [7, 11) is -10.8. The van der Waals surface area contributed by atoms with Gasteiger partial charge in [-0.25, -0.2) is 0 Å². The Morgan fingerprint density at radius 3 is 0.475 bits per heavy atom. The molecule has 0 radical (unpaired) electrons. The molecule has 4 N–H and O–H groups in total. The molecule has 0 aliphatic rings. The molecule has 0 aromatic carbocycles. The molecule has 180 valence electrons. The van der Waals surface area contributed by atoms with Gasteiger partial charge in [-0.2, -0.15) is 15.6 Å². The molecule has 0 aliphatic heterocycles. The normalized spacial score (nSPS) is 10.8. The van der Waals surface area contributed by atoms with Crippen LogP contribution >= 0.6 is 15.6 Å². The third-order valence-electron chi connectivity index (χ3n) is 1.56. The first-order chi connectivity index (χ1) is 12.9. The maximum absolute atomic E-state index is 9.63. The van der Waals surface area contributed by atoms with Gasteiger partial charge < -0.3 is 98.5 Å². The second-order valence-corrected chi connectivity index (χ2v) is 5.74. The summed E-state index contributed by atoms with van der Waals surface area (Å²) in [6.45, 7) is 0. The SMILES string of the molecule is O=C([O-])C(O)C(O)C(=O)[O-].O=C([O-])C(O)C(O)C(=O)[O-].O=P([O-])([O-])[O-].O=P([O-])([O-])[O-].[K+].[K+].[K+].[K+].[K+].[Na+].[Na+].[Na+].[Na+].[Na+]. The largest absolute Gasteiger partial charge is 1.00 e. The Hall–Kier alpha value is 11.1. The van der Waals surface area contributed by atoms with Crippen molar-refractivity contribution in [3.63, 3.8) is 0 Å². The number of hydrogen-bond donors (Lipinski definition) is 4. The molecule has 0 saturated heterocycles. The average molecular weight is 797 g/mol. The van der Waals surface area contributed by atoms with Crippen molar-refractivity contribution in [2.45, 2.75) is 24.4 Å². The number of carbonyl (C=O) groups is 4. The predicted molar refractivity (Wildman–Crippen MR) is 59.3 cm³/mol. The van der Waals surface area contributed by atoms with Crippen LogP contribution in [0, 0.1) is 0 Å². The smallest absolute Gasteiger partial charge is 0.822 e. The van der Waals surface area contributed by atoms with Crippen molar-refractivity contribution in [2.24, 2.45) is 0 Å². The van der Waals surface area contributed by atoms with Crippen LogP contribution in [0.4, 0.5) is 0 Å². The summed E-state index contributed by atoms with van der Waals surface area (Å²) in [5.74, 6) is -8.23. The van der Waals surface area contributed by atoms with Crippen LogP contribution in [0.3, 0.4) is 0 Å². The van der Waals surface area contributed by atoms with Gasteiger partial charge in [-0.3, -0.25) is 0 Å². The standard InChI is InChI=1S/2C4H6O6.5K.5Na.2H3O4P/c2*5-1(3(7)8)2(6)4(9)10;;;;;;;;;;;2*1-5(2,3)4/h2*1-2,5-6H,(H,7,8)(H,9,10);;;;;;;;;;;2*(H3,1,2,3,4)/q;;10*+1;;/p-10. The summed E-state index contributed by atoms with van der Waals surface area (Å²) < 4.78 is 17.1. The number of aliphatic hydroxyl groups is 4. The molecule has 0 aromatic rings. The van der Waals surface area contributed by atoms with Crippen LogP contribution in [0.5, 0.6) is 0 Å². The Morgan fingerprint density at radius 2 is 0.450 bits per heavy atom. The number of carbonyl (C=O) groups excluding carboxylic acids is 4. The molecule has 0 rings (SSSR count). The second kappa shape index (κ2) is 54.5. The van der Waals surface area contributed by atoms with Gasteiger partial charge >= 0.3 is 405 Å². The first-order valence-corrected chi connectivity index (χ1v) is 8.87. The van der Waals surface area contributed by atoms with Crippen LogP contribution in [0.15, 0.2) is 0 Å². The van der Waals surface area contributed by atoms with E-state index in [9.17, 15) is 39.6 Å². The molecule has 0 amide bonds. The zero-order chi connectivity index (χ0) is 25.6. The monoisotopic (exact) mass is 796 g/mol. The molecule has 0 bridgehead atoms. The number of rotatable bonds is 6. The topological polar surface area (TPSA) is 414 Å². The van der Waals surface area contributed by atoms with Gasteiger partial charge in [0.2, 0.25) is 0 Å². The van der Waals surface area contributed by atoms with Gasteiger partial charge in [0.1, 0.15) is 24.4 Å².